The molecule has 0 bridgehead atoms. The van der Waals surface area contributed by atoms with Crippen molar-refractivity contribution in [3.63, 3.8) is 0 Å². The number of nitrogens with zero attached hydrogens (tertiary/aromatic N) is 1. The number of thiazole rings is 1. The zero-order valence-electron chi connectivity index (χ0n) is 8.03. The summed E-state index contributed by atoms with van der Waals surface area (Å²) in [5.41, 5.74) is 6.31. The fraction of sp³-hybridized carbons (Fsp3) is 0.667. The van der Waals surface area contributed by atoms with Crippen molar-refractivity contribution in [3.05, 3.63) is 16.1 Å². The van der Waals surface area contributed by atoms with Crippen LogP contribution in [0.5, 0.6) is 0 Å². The van der Waals surface area contributed by atoms with E-state index in [9.17, 15) is 5.11 Å². The minimum atomic E-state index is -0.500. The van der Waals surface area contributed by atoms with Crippen molar-refractivity contribution in [2.75, 3.05) is 6.54 Å². The molecule has 3 N–H and O–H groups in total. The van der Waals surface area contributed by atoms with E-state index >= 15 is 0 Å². The molecule has 0 aliphatic heterocycles. The zero-order chi connectivity index (χ0) is 9.84. The Morgan fingerprint density at radius 2 is 2.38 bits per heavy atom. The normalized spacial score (nSPS) is 15.7. The molecule has 0 radical (unpaired) electrons. The van der Waals surface area contributed by atoms with E-state index in [0.717, 1.165) is 17.1 Å². The van der Waals surface area contributed by atoms with Gasteiger partial charge in [-0.3, -0.25) is 0 Å². The van der Waals surface area contributed by atoms with E-state index in [-0.39, 0.29) is 5.92 Å². The maximum atomic E-state index is 9.86. The molecule has 74 valence electrons. The van der Waals surface area contributed by atoms with E-state index in [1.807, 2.05) is 19.2 Å². The Bertz CT molecular complexity index is 258. The number of rotatable bonds is 4. The van der Waals surface area contributed by atoms with Crippen LogP contribution in [-0.2, 0) is 0 Å². The third-order valence-corrected chi connectivity index (χ3v) is 3.01. The highest BCUT2D eigenvalue weighted by atomic mass is 32.1. The van der Waals surface area contributed by atoms with E-state index in [0.29, 0.717) is 6.54 Å². The Kier molecular flexibility index (Phi) is 3.84. The molecule has 13 heavy (non-hydrogen) atoms. The summed E-state index contributed by atoms with van der Waals surface area (Å²) in [6, 6.07) is 0. The number of hydrogen-bond donors (Lipinski definition) is 2. The summed E-state index contributed by atoms with van der Waals surface area (Å²) in [7, 11) is 0. The minimum absolute atomic E-state index is 0.126. The molecule has 0 fully saturated rings. The van der Waals surface area contributed by atoms with Crippen LogP contribution in [0.2, 0.25) is 0 Å². The molecule has 0 aliphatic rings. The number of nitrogens with two attached hydrogens (primary N) is 1. The molecule has 0 spiro atoms. The molecule has 1 aromatic rings. The van der Waals surface area contributed by atoms with Gasteiger partial charge in [0.2, 0.25) is 0 Å². The molecule has 1 heterocycles. The molecule has 3 nitrogen and oxygen atoms in total. The Balaban J connectivity index is 2.71. The highest BCUT2D eigenvalue weighted by Crippen LogP contribution is 2.24. The second-order valence-corrected chi connectivity index (χ2v) is 4.20. The smallest absolute Gasteiger partial charge is 0.101 e. The summed E-state index contributed by atoms with van der Waals surface area (Å²) in [6.07, 6.45) is 0.383. The zero-order valence-corrected chi connectivity index (χ0v) is 8.84. The van der Waals surface area contributed by atoms with Crippen LogP contribution >= 0.6 is 11.3 Å². The van der Waals surface area contributed by atoms with E-state index in [1.54, 1.807) is 11.3 Å². The van der Waals surface area contributed by atoms with Gasteiger partial charge < -0.3 is 10.8 Å². The third-order valence-electron chi connectivity index (χ3n) is 2.21. The summed E-state index contributed by atoms with van der Waals surface area (Å²) >= 11 is 1.56. The van der Waals surface area contributed by atoms with Crippen molar-refractivity contribution in [2.45, 2.75) is 26.4 Å². The Labute approximate surface area is 82.6 Å². The Morgan fingerprint density at radius 3 is 2.77 bits per heavy atom. The lowest BCUT2D eigenvalue weighted by atomic mass is 9.98. The second kappa shape index (κ2) is 4.69. The molecular weight excluding hydrogens is 184 g/mol. The summed E-state index contributed by atoms with van der Waals surface area (Å²) in [6.45, 7) is 4.47. The molecule has 0 aromatic carbocycles. The molecule has 4 heteroatoms. The average molecular weight is 200 g/mol. The average Bonchev–Trinajstić information content (AvgIpc) is 2.54. The van der Waals surface area contributed by atoms with Gasteiger partial charge in [0.25, 0.3) is 0 Å². The lowest BCUT2D eigenvalue weighted by Gasteiger charge is -2.17. The predicted octanol–water partition coefficient (Wildman–Crippen LogP) is 1.47. The summed E-state index contributed by atoms with van der Waals surface area (Å²) < 4.78 is 0. The molecule has 0 saturated heterocycles. The van der Waals surface area contributed by atoms with Crippen molar-refractivity contribution in [3.8, 4) is 0 Å². The maximum Gasteiger partial charge on any atom is 0.101 e. The van der Waals surface area contributed by atoms with Gasteiger partial charge in [-0.15, -0.1) is 11.3 Å². The second-order valence-electron chi connectivity index (χ2n) is 3.14. The first kappa shape index (κ1) is 10.6. The molecule has 1 rings (SSSR count). The fourth-order valence-corrected chi connectivity index (χ4v) is 1.92. The van der Waals surface area contributed by atoms with Gasteiger partial charge in [0, 0.05) is 11.3 Å². The molecule has 1 aromatic heterocycles. The number of aliphatic hydroxyl groups is 1. The molecule has 0 aliphatic carbocycles. The van der Waals surface area contributed by atoms with E-state index in [2.05, 4.69) is 4.98 Å². The van der Waals surface area contributed by atoms with Crippen LogP contribution < -0.4 is 5.73 Å². The van der Waals surface area contributed by atoms with E-state index < -0.39 is 6.10 Å². The molecule has 0 saturated carbocycles. The number of hydrogen-bond acceptors (Lipinski definition) is 4. The van der Waals surface area contributed by atoms with Gasteiger partial charge in [0.1, 0.15) is 6.10 Å². The topological polar surface area (TPSA) is 59.1 Å². The standard InChI is InChI=1S/C9H16N2OS/c1-3-7(4-10)9(12)8-5-13-6(2)11-8/h5,7,9,12H,3-4,10H2,1-2H3. The van der Waals surface area contributed by atoms with Crippen molar-refractivity contribution >= 4 is 11.3 Å². The first-order valence-corrected chi connectivity index (χ1v) is 5.37. The lowest BCUT2D eigenvalue weighted by Crippen LogP contribution is -2.21. The van der Waals surface area contributed by atoms with E-state index in [4.69, 9.17) is 5.73 Å². The number of aromatic nitrogens is 1. The fourth-order valence-electron chi connectivity index (χ4n) is 1.28. The molecule has 2 unspecified atom stereocenters. The number of aryl methyl sites for hydroxylation is 1. The Morgan fingerprint density at radius 1 is 1.69 bits per heavy atom. The molecule has 0 amide bonds. The van der Waals surface area contributed by atoms with Gasteiger partial charge in [0.05, 0.1) is 10.7 Å². The first-order chi connectivity index (χ1) is 6.19. The van der Waals surface area contributed by atoms with Crippen molar-refractivity contribution < 1.29 is 5.11 Å². The van der Waals surface area contributed by atoms with Gasteiger partial charge in [-0.05, 0) is 19.9 Å². The van der Waals surface area contributed by atoms with Crippen LogP contribution in [-0.4, -0.2) is 16.6 Å². The monoisotopic (exact) mass is 200 g/mol. The van der Waals surface area contributed by atoms with Gasteiger partial charge in [0.15, 0.2) is 0 Å². The Hall–Kier alpha value is -0.450. The van der Waals surface area contributed by atoms with Crippen LogP contribution in [0.15, 0.2) is 5.38 Å². The van der Waals surface area contributed by atoms with Crippen LogP contribution in [0.25, 0.3) is 0 Å². The van der Waals surface area contributed by atoms with Gasteiger partial charge in [-0.1, -0.05) is 6.92 Å². The summed E-state index contributed by atoms with van der Waals surface area (Å²) in [5.74, 6) is 0.126. The van der Waals surface area contributed by atoms with Crippen LogP contribution in [0.1, 0.15) is 30.2 Å². The van der Waals surface area contributed by atoms with Gasteiger partial charge >= 0.3 is 0 Å². The highest BCUT2D eigenvalue weighted by molar-refractivity contribution is 7.09. The first-order valence-electron chi connectivity index (χ1n) is 4.49. The maximum absolute atomic E-state index is 9.86. The highest BCUT2D eigenvalue weighted by Gasteiger charge is 2.19. The predicted molar refractivity (Wildman–Crippen MR) is 54.6 cm³/mol. The summed E-state index contributed by atoms with van der Waals surface area (Å²) in [5, 5.41) is 12.7. The summed E-state index contributed by atoms with van der Waals surface area (Å²) in [4.78, 5) is 4.24. The lowest BCUT2D eigenvalue weighted by molar-refractivity contribution is 0.106. The van der Waals surface area contributed by atoms with Crippen LogP contribution in [0.3, 0.4) is 0 Å². The quantitative estimate of drug-likeness (QED) is 0.773. The molecule has 2 atom stereocenters. The van der Waals surface area contributed by atoms with Crippen molar-refractivity contribution in [1.82, 2.24) is 4.98 Å². The SMILES string of the molecule is CCC(CN)C(O)c1csc(C)n1. The van der Waals surface area contributed by atoms with Gasteiger partial charge in [-0.2, -0.15) is 0 Å². The molecular formula is C9H16N2OS. The van der Waals surface area contributed by atoms with E-state index in [1.165, 1.54) is 0 Å². The third kappa shape index (κ3) is 2.49. The van der Waals surface area contributed by atoms with Crippen LogP contribution in [0, 0.1) is 12.8 Å². The van der Waals surface area contributed by atoms with Crippen molar-refractivity contribution in [1.29, 1.82) is 0 Å². The number of aliphatic hydroxyl groups excluding tert-OH is 1. The largest absolute Gasteiger partial charge is 0.386 e. The van der Waals surface area contributed by atoms with Crippen LogP contribution in [0.4, 0.5) is 0 Å². The minimum Gasteiger partial charge on any atom is -0.386 e. The van der Waals surface area contributed by atoms with Gasteiger partial charge in [-0.25, -0.2) is 4.98 Å². The van der Waals surface area contributed by atoms with Crippen molar-refractivity contribution in [2.24, 2.45) is 11.7 Å².